The molecule has 0 bridgehead atoms. The molecule has 0 spiro atoms. The summed E-state index contributed by atoms with van der Waals surface area (Å²) in [7, 11) is 0. The molecular weight excluding hydrogens is 191 g/mol. The zero-order valence-electron chi connectivity index (χ0n) is 8.15. The normalized spacial score (nSPS) is 9.93. The Kier molecular flexibility index (Phi) is 2.93. The number of anilines is 1. The van der Waals surface area contributed by atoms with Gasteiger partial charge in [0, 0.05) is 24.6 Å². The van der Waals surface area contributed by atoms with Crippen LogP contribution >= 0.6 is 0 Å². The molecule has 1 heterocycles. The van der Waals surface area contributed by atoms with Gasteiger partial charge in [-0.15, -0.1) is 0 Å². The number of hydrogen-bond donors (Lipinski definition) is 1. The Morgan fingerprint density at radius 3 is 2.33 bits per heavy atom. The molecule has 2 rings (SSSR count). The van der Waals surface area contributed by atoms with Crippen molar-refractivity contribution in [1.29, 1.82) is 0 Å². The van der Waals surface area contributed by atoms with Gasteiger partial charge in [-0.25, -0.2) is 4.39 Å². The van der Waals surface area contributed by atoms with Crippen molar-refractivity contribution in [3.05, 3.63) is 60.2 Å². The lowest BCUT2D eigenvalue weighted by molar-refractivity contribution is 0.628. The molecule has 0 aliphatic heterocycles. The molecule has 0 fully saturated rings. The lowest BCUT2D eigenvalue weighted by Gasteiger charge is -2.05. The summed E-state index contributed by atoms with van der Waals surface area (Å²) in [5.74, 6) is -0.218. The lowest BCUT2D eigenvalue weighted by atomic mass is 10.2. The third-order valence-electron chi connectivity index (χ3n) is 2.09. The second-order valence-corrected chi connectivity index (χ2v) is 3.22. The molecule has 0 saturated carbocycles. The van der Waals surface area contributed by atoms with Gasteiger partial charge in [-0.2, -0.15) is 0 Å². The average molecular weight is 202 g/mol. The van der Waals surface area contributed by atoms with Crippen molar-refractivity contribution in [1.82, 2.24) is 4.98 Å². The number of hydrogen-bond acceptors (Lipinski definition) is 2. The van der Waals surface area contributed by atoms with Crippen molar-refractivity contribution in [2.24, 2.45) is 0 Å². The van der Waals surface area contributed by atoms with Crippen LogP contribution in [0.1, 0.15) is 5.56 Å². The molecule has 2 nitrogen and oxygen atoms in total. The van der Waals surface area contributed by atoms with Crippen LogP contribution in [0.5, 0.6) is 0 Å². The van der Waals surface area contributed by atoms with E-state index in [2.05, 4.69) is 10.3 Å². The van der Waals surface area contributed by atoms with Crippen LogP contribution < -0.4 is 5.32 Å². The van der Waals surface area contributed by atoms with E-state index in [1.165, 1.54) is 12.1 Å². The molecule has 1 aromatic carbocycles. The molecule has 0 radical (unpaired) electrons. The summed E-state index contributed by atoms with van der Waals surface area (Å²) < 4.78 is 12.6. The maximum Gasteiger partial charge on any atom is 0.123 e. The SMILES string of the molecule is Fc1ccc(NCc2ccncc2)cc1. The van der Waals surface area contributed by atoms with E-state index in [9.17, 15) is 4.39 Å². The summed E-state index contributed by atoms with van der Waals surface area (Å²) in [6.45, 7) is 0.716. The molecule has 1 N–H and O–H groups in total. The highest BCUT2D eigenvalue weighted by molar-refractivity contribution is 5.43. The quantitative estimate of drug-likeness (QED) is 0.827. The summed E-state index contributed by atoms with van der Waals surface area (Å²) in [5.41, 5.74) is 2.06. The van der Waals surface area contributed by atoms with E-state index in [1.54, 1.807) is 24.5 Å². The third kappa shape index (κ3) is 2.77. The van der Waals surface area contributed by atoms with Crippen LogP contribution in [0.25, 0.3) is 0 Å². The monoisotopic (exact) mass is 202 g/mol. The first-order valence-electron chi connectivity index (χ1n) is 4.73. The Bertz CT molecular complexity index is 411. The van der Waals surface area contributed by atoms with E-state index in [0.717, 1.165) is 11.3 Å². The standard InChI is InChI=1S/C12H11FN2/c13-11-1-3-12(4-2-11)15-9-10-5-7-14-8-6-10/h1-8,15H,9H2. The maximum absolute atomic E-state index is 12.6. The van der Waals surface area contributed by atoms with Gasteiger partial charge in [0.15, 0.2) is 0 Å². The van der Waals surface area contributed by atoms with Crippen molar-refractivity contribution in [2.45, 2.75) is 6.54 Å². The summed E-state index contributed by atoms with van der Waals surface area (Å²) >= 11 is 0. The van der Waals surface area contributed by atoms with E-state index in [4.69, 9.17) is 0 Å². The molecule has 76 valence electrons. The van der Waals surface area contributed by atoms with Crippen molar-refractivity contribution in [2.75, 3.05) is 5.32 Å². The molecule has 3 heteroatoms. The summed E-state index contributed by atoms with van der Waals surface area (Å²) in [5, 5.41) is 3.19. The van der Waals surface area contributed by atoms with E-state index in [-0.39, 0.29) is 5.82 Å². The fraction of sp³-hybridized carbons (Fsp3) is 0.0833. The summed E-state index contributed by atoms with van der Waals surface area (Å²) in [4.78, 5) is 3.93. The van der Waals surface area contributed by atoms with Crippen molar-refractivity contribution < 1.29 is 4.39 Å². The fourth-order valence-electron chi connectivity index (χ4n) is 1.27. The number of nitrogens with zero attached hydrogens (tertiary/aromatic N) is 1. The van der Waals surface area contributed by atoms with Gasteiger partial charge < -0.3 is 5.32 Å². The Morgan fingerprint density at radius 1 is 1.00 bits per heavy atom. The third-order valence-corrected chi connectivity index (χ3v) is 2.09. The van der Waals surface area contributed by atoms with Crippen molar-refractivity contribution in [3.8, 4) is 0 Å². The summed E-state index contributed by atoms with van der Waals surface area (Å²) in [6, 6.07) is 10.2. The first kappa shape index (κ1) is 9.65. The predicted octanol–water partition coefficient (Wildman–Crippen LogP) is 2.83. The Balaban J connectivity index is 1.96. The maximum atomic E-state index is 12.6. The van der Waals surface area contributed by atoms with Crippen LogP contribution in [-0.2, 0) is 6.54 Å². The van der Waals surface area contributed by atoms with Gasteiger partial charge in [0.25, 0.3) is 0 Å². The van der Waals surface area contributed by atoms with Crippen LogP contribution in [0.4, 0.5) is 10.1 Å². The van der Waals surface area contributed by atoms with Gasteiger partial charge in [-0.1, -0.05) is 0 Å². The predicted molar refractivity (Wildman–Crippen MR) is 58.0 cm³/mol. The minimum atomic E-state index is -0.218. The molecule has 15 heavy (non-hydrogen) atoms. The Morgan fingerprint density at radius 2 is 1.67 bits per heavy atom. The first-order chi connectivity index (χ1) is 7.34. The zero-order valence-corrected chi connectivity index (χ0v) is 8.15. The minimum absolute atomic E-state index is 0.218. The first-order valence-corrected chi connectivity index (χ1v) is 4.73. The molecular formula is C12H11FN2. The zero-order chi connectivity index (χ0) is 10.5. The number of rotatable bonds is 3. The van der Waals surface area contributed by atoms with Crippen LogP contribution in [0.2, 0.25) is 0 Å². The highest BCUT2D eigenvalue weighted by atomic mass is 19.1. The number of benzene rings is 1. The second kappa shape index (κ2) is 4.55. The lowest BCUT2D eigenvalue weighted by Crippen LogP contribution is -1.98. The highest BCUT2D eigenvalue weighted by Crippen LogP contribution is 2.09. The van der Waals surface area contributed by atoms with Crippen LogP contribution in [0.3, 0.4) is 0 Å². The molecule has 0 saturated heterocycles. The van der Waals surface area contributed by atoms with E-state index < -0.39 is 0 Å². The fourth-order valence-corrected chi connectivity index (χ4v) is 1.27. The minimum Gasteiger partial charge on any atom is -0.381 e. The molecule has 1 aromatic heterocycles. The summed E-state index contributed by atoms with van der Waals surface area (Å²) in [6.07, 6.45) is 3.50. The Hall–Kier alpha value is -1.90. The van der Waals surface area contributed by atoms with E-state index in [0.29, 0.717) is 6.54 Å². The Labute approximate surface area is 87.8 Å². The van der Waals surface area contributed by atoms with Gasteiger partial charge in [-0.05, 0) is 42.0 Å². The van der Waals surface area contributed by atoms with Gasteiger partial charge >= 0.3 is 0 Å². The van der Waals surface area contributed by atoms with Gasteiger partial charge in [0.1, 0.15) is 5.82 Å². The van der Waals surface area contributed by atoms with Crippen LogP contribution in [0, 0.1) is 5.82 Å². The number of aromatic nitrogens is 1. The van der Waals surface area contributed by atoms with Gasteiger partial charge in [0.05, 0.1) is 0 Å². The number of nitrogens with one attached hydrogen (secondary N) is 1. The van der Waals surface area contributed by atoms with Crippen LogP contribution in [0.15, 0.2) is 48.8 Å². The van der Waals surface area contributed by atoms with Gasteiger partial charge in [-0.3, -0.25) is 4.98 Å². The number of pyridine rings is 1. The molecule has 0 amide bonds. The van der Waals surface area contributed by atoms with E-state index in [1.807, 2.05) is 12.1 Å². The average Bonchev–Trinajstić information content (AvgIpc) is 2.30. The molecule has 0 aliphatic rings. The van der Waals surface area contributed by atoms with Crippen LogP contribution in [-0.4, -0.2) is 4.98 Å². The van der Waals surface area contributed by atoms with Crippen molar-refractivity contribution in [3.63, 3.8) is 0 Å². The largest absolute Gasteiger partial charge is 0.381 e. The highest BCUT2D eigenvalue weighted by Gasteiger charge is 1.93. The van der Waals surface area contributed by atoms with Gasteiger partial charge in [0.2, 0.25) is 0 Å². The van der Waals surface area contributed by atoms with E-state index >= 15 is 0 Å². The smallest absolute Gasteiger partial charge is 0.123 e. The molecule has 2 aromatic rings. The topological polar surface area (TPSA) is 24.9 Å². The second-order valence-electron chi connectivity index (χ2n) is 3.22. The molecule has 0 aliphatic carbocycles. The molecule has 0 unspecified atom stereocenters. The number of halogens is 1. The molecule has 0 atom stereocenters. The van der Waals surface area contributed by atoms with Crippen molar-refractivity contribution >= 4 is 5.69 Å².